The van der Waals surface area contributed by atoms with Crippen LogP contribution in [0.4, 0.5) is 10.1 Å². The predicted molar refractivity (Wildman–Crippen MR) is 132 cm³/mol. The summed E-state index contributed by atoms with van der Waals surface area (Å²) in [7, 11) is 1.61. The van der Waals surface area contributed by atoms with Crippen LogP contribution in [0.25, 0.3) is 22.6 Å². The Labute approximate surface area is 211 Å². The van der Waals surface area contributed by atoms with E-state index in [-0.39, 0.29) is 17.7 Å². The average Bonchev–Trinajstić information content (AvgIpc) is 3.32. The van der Waals surface area contributed by atoms with E-state index in [0.717, 1.165) is 6.20 Å². The van der Waals surface area contributed by atoms with Crippen LogP contribution in [-0.4, -0.2) is 69.1 Å². The fourth-order valence-corrected chi connectivity index (χ4v) is 3.20. The summed E-state index contributed by atoms with van der Waals surface area (Å²) in [5, 5.41) is 14.3. The lowest BCUT2D eigenvalue weighted by Gasteiger charge is -2.07. The van der Waals surface area contributed by atoms with E-state index in [0.29, 0.717) is 49.1 Å². The number of hydrogen-bond acceptors (Lipinski definition) is 8. The van der Waals surface area contributed by atoms with Crippen molar-refractivity contribution in [2.24, 2.45) is 0 Å². The minimum atomic E-state index is -0.515. The fourth-order valence-electron chi connectivity index (χ4n) is 3.20. The van der Waals surface area contributed by atoms with Gasteiger partial charge in [-0.25, -0.2) is 9.37 Å². The van der Waals surface area contributed by atoms with Crippen molar-refractivity contribution in [1.29, 1.82) is 0 Å². The first-order valence-electron chi connectivity index (χ1n) is 11.1. The molecule has 0 aliphatic carbocycles. The summed E-state index contributed by atoms with van der Waals surface area (Å²) in [4.78, 5) is 33.8. The third-order valence-electron chi connectivity index (χ3n) is 4.84. The Morgan fingerprint density at radius 2 is 1.92 bits per heavy atom. The van der Waals surface area contributed by atoms with Gasteiger partial charge in [-0.2, -0.15) is 5.10 Å². The Morgan fingerprint density at radius 1 is 1.11 bits per heavy atom. The standard InChI is InChI=1S/C24H23FN6O3.CH2O2/c1-33-13-14-34-12-11-31-16-22(23(30-31)20-5-2-3-9-27-20)29-24(32)21-7-4-6-19(28-21)17-8-10-26-15-18(17)25;2-1-3/h2-10,15-16H,11-14H2,1H3,(H,29,32);1H,(H,2,3). The molecule has 2 N–H and O–H groups in total. The van der Waals surface area contributed by atoms with E-state index in [1.54, 1.807) is 48.5 Å². The molecule has 4 heterocycles. The number of carbonyl (C=O) groups is 2. The minimum Gasteiger partial charge on any atom is -0.483 e. The van der Waals surface area contributed by atoms with Crippen LogP contribution in [0.1, 0.15) is 10.5 Å². The second-order valence-corrected chi connectivity index (χ2v) is 7.30. The zero-order valence-electron chi connectivity index (χ0n) is 20.0. The number of pyridine rings is 3. The van der Waals surface area contributed by atoms with Crippen LogP contribution in [0, 0.1) is 5.82 Å². The summed E-state index contributed by atoms with van der Waals surface area (Å²) in [6.07, 6.45) is 5.95. The van der Waals surface area contributed by atoms with Crippen molar-refractivity contribution in [3.63, 3.8) is 0 Å². The normalized spacial score (nSPS) is 10.3. The molecule has 0 atom stereocenters. The molecule has 0 aliphatic rings. The third-order valence-corrected chi connectivity index (χ3v) is 4.84. The van der Waals surface area contributed by atoms with Gasteiger partial charge in [0.1, 0.15) is 11.4 Å². The second-order valence-electron chi connectivity index (χ2n) is 7.30. The molecule has 0 saturated heterocycles. The highest BCUT2D eigenvalue weighted by Crippen LogP contribution is 2.26. The lowest BCUT2D eigenvalue weighted by molar-refractivity contribution is -0.122. The fraction of sp³-hybridized carbons (Fsp3) is 0.200. The Balaban J connectivity index is 0.00000121. The molecule has 4 aromatic rings. The largest absolute Gasteiger partial charge is 0.483 e. The molecule has 4 rings (SSSR count). The van der Waals surface area contributed by atoms with Crippen LogP contribution >= 0.6 is 0 Å². The molecular weight excluding hydrogens is 483 g/mol. The topological polar surface area (TPSA) is 141 Å². The molecule has 0 unspecified atom stereocenters. The van der Waals surface area contributed by atoms with Crippen LogP contribution in [-0.2, 0) is 20.8 Å². The van der Waals surface area contributed by atoms with Crippen LogP contribution in [0.2, 0.25) is 0 Å². The number of halogens is 1. The number of nitrogens with one attached hydrogen (secondary N) is 1. The monoisotopic (exact) mass is 508 g/mol. The number of aromatic nitrogens is 5. The Kier molecular flexibility index (Phi) is 10.3. The number of nitrogens with zero attached hydrogens (tertiary/aromatic N) is 5. The molecule has 12 heteroatoms. The molecule has 0 spiro atoms. The first-order valence-corrected chi connectivity index (χ1v) is 11.1. The zero-order chi connectivity index (χ0) is 26.5. The molecule has 0 bridgehead atoms. The van der Waals surface area contributed by atoms with E-state index in [1.807, 2.05) is 12.1 Å². The van der Waals surface area contributed by atoms with Gasteiger partial charge in [0.05, 0.1) is 49.6 Å². The maximum Gasteiger partial charge on any atom is 0.290 e. The number of ether oxygens (including phenoxy) is 2. The highest BCUT2D eigenvalue weighted by molar-refractivity contribution is 6.04. The Bertz CT molecular complexity index is 1300. The summed E-state index contributed by atoms with van der Waals surface area (Å²) < 4.78 is 26.3. The van der Waals surface area contributed by atoms with E-state index in [1.165, 1.54) is 12.3 Å². The van der Waals surface area contributed by atoms with Crippen molar-refractivity contribution in [3.8, 4) is 22.6 Å². The van der Waals surface area contributed by atoms with Gasteiger partial charge < -0.3 is 19.9 Å². The second kappa shape index (κ2) is 14.1. The highest BCUT2D eigenvalue weighted by atomic mass is 19.1. The molecule has 4 aromatic heterocycles. The number of carbonyl (C=O) groups excluding carboxylic acids is 1. The van der Waals surface area contributed by atoms with Crippen LogP contribution in [0.3, 0.4) is 0 Å². The maximum absolute atomic E-state index is 14.1. The van der Waals surface area contributed by atoms with Crippen molar-refractivity contribution < 1.29 is 28.6 Å². The van der Waals surface area contributed by atoms with Gasteiger partial charge in [-0.3, -0.25) is 24.2 Å². The molecular formula is C25H25FN6O5. The number of methoxy groups -OCH3 is 1. The van der Waals surface area contributed by atoms with Gasteiger partial charge in [0.25, 0.3) is 12.4 Å². The van der Waals surface area contributed by atoms with Gasteiger partial charge in [0, 0.05) is 31.3 Å². The molecule has 37 heavy (non-hydrogen) atoms. The summed E-state index contributed by atoms with van der Waals surface area (Å²) in [6.45, 7) is 1.65. The summed E-state index contributed by atoms with van der Waals surface area (Å²) in [5.74, 6) is -0.969. The molecule has 0 aliphatic heterocycles. The summed E-state index contributed by atoms with van der Waals surface area (Å²) >= 11 is 0. The van der Waals surface area contributed by atoms with Gasteiger partial charge >= 0.3 is 0 Å². The van der Waals surface area contributed by atoms with Gasteiger partial charge in [0.15, 0.2) is 5.82 Å². The number of amides is 1. The van der Waals surface area contributed by atoms with Crippen LogP contribution < -0.4 is 5.32 Å². The van der Waals surface area contributed by atoms with Crippen molar-refractivity contribution in [1.82, 2.24) is 24.7 Å². The maximum atomic E-state index is 14.1. The number of anilines is 1. The third kappa shape index (κ3) is 7.72. The van der Waals surface area contributed by atoms with Gasteiger partial charge in [0.2, 0.25) is 0 Å². The zero-order valence-corrected chi connectivity index (χ0v) is 20.0. The van der Waals surface area contributed by atoms with E-state index in [9.17, 15) is 9.18 Å². The molecule has 0 fully saturated rings. The first kappa shape index (κ1) is 27.0. The van der Waals surface area contributed by atoms with Gasteiger partial charge in [-0.15, -0.1) is 0 Å². The van der Waals surface area contributed by atoms with Gasteiger partial charge in [-0.05, 0) is 30.3 Å². The molecule has 0 saturated carbocycles. The lowest BCUT2D eigenvalue weighted by atomic mass is 10.1. The van der Waals surface area contributed by atoms with Crippen molar-refractivity contribution in [3.05, 3.63) is 78.8 Å². The number of hydrogen-bond donors (Lipinski definition) is 2. The van der Waals surface area contributed by atoms with Gasteiger partial charge in [-0.1, -0.05) is 12.1 Å². The highest BCUT2D eigenvalue weighted by Gasteiger charge is 2.17. The minimum absolute atomic E-state index is 0.135. The summed E-state index contributed by atoms with van der Waals surface area (Å²) in [5.41, 5.74) is 2.33. The van der Waals surface area contributed by atoms with Crippen molar-refractivity contribution in [2.45, 2.75) is 6.54 Å². The Morgan fingerprint density at radius 3 is 2.65 bits per heavy atom. The van der Waals surface area contributed by atoms with Crippen molar-refractivity contribution >= 4 is 18.1 Å². The molecule has 192 valence electrons. The van der Waals surface area contributed by atoms with Crippen molar-refractivity contribution in [2.75, 3.05) is 32.2 Å². The SMILES string of the molecule is COCCOCCn1cc(NC(=O)c2cccc(-c3ccncc3F)n2)c(-c2ccccn2)n1.O=CO. The first-order chi connectivity index (χ1) is 18.1. The average molecular weight is 509 g/mol. The van der Waals surface area contributed by atoms with E-state index < -0.39 is 11.7 Å². The predicted octanol–water partition coefficient (Wildman–Crippen LogP) is 3.16. The molecule has 0 radical (unpaired) electrons. The van der Waals surface area contributed by atoms with E-state index >= 15 is 0 Å². The number of rotatable bonds is 10. The molecule has 0 aromatic carbocycles. The lowest BCUT2D eigenvalue weighted by Crippen LogP contribution is -2.14. The number of carboxylic acid groups (broad SMARTS) is 1. The smallest absolute Gasteiger partial charge is 0.290 e. The molecule has 11 nitrogen and oxygen atoms in total. The Hall–Kier alpha value is -4.55. The van der Waals surface area contributed by atoms with Crippen LogP contribution in [0.5, 0.6) is 0 Å². The molecule has 1 amide bonds. The quantitative estimate of drug-likeness (QED) is 0.244. The van der Waals surface area contributed by atoms with E-state index in [2.05, 4.69) is 25.4 Å². The summed E-state index contributed by atoms with van der Waals surface area (Å²) in [6, 6.07) is 11.8. The van der Waals surface area contributed by atoms with Crippen LogP contribution in [0.15, 0.2) is 67.3 Å². The van der Waals surface area contributed by atoms with E-state index in [4.69, 9.17) is 19.4 Å².